The van der Waals surface area contributed by atoms with Gasteiger partial charge >= 0.3 is 0 Å². The van der Waals surface area contributed by atoms with Crippen molar-refractivity contribution in [1.29, 1.82) is 0 Å². The van der Waals surface area contributed by atoms with Gasteiger partial charge in [0.15, 0.2) is 0 Å². The number of nitrogens with zero attached hydrogens (tertiary/aromatic N) is 2. The van der Waals surface area contributed by atoms with Gasteiger partial charge in [0, 0.05) is 5.56 Å². The lowest BCUT2D eigenvalue weighted by atomic mass is 10.0. The van der Waals surface area contributed by atoms with Crippen molar-refractivity contribution in [2.45, 2.75) is 0 Å². The van der Waals surface area contributed by atoms with Crippen molar-refractivity contribution in [2.75, 3.05) is 0 Å². The van der Waals surface area contributed by atoms with Gasteiger partial charge in [0.25, 0.3) is 5.56 Å². The molecular weight excluding hydrogens is 378 g/mol. The number of phenols is 1. The van der Waals surface area contributed by atoms with E-state index in [1.54, 1.807) is 12.1 Å². The van der Waals surface area contributed by atoms with Crippen LogP contribution in [0, 0.1) is 0 Å². The van der Waals surface area contributed by atoms with Crippen molar-refractivity contribution in [3.63, 3.8) is 0 Å². The Morgan fingerprint density at radius 1 is 0.700 bits per heavy atom. The van der Waals surface area contributed by atoms with E-state index in [9.17, 15) is 15.0 Å². The molecule has 2 aromatic heterocycles. The molecule has 6 nitrogen and oxygen atoms in total. The van der Waals surface area contributed by atoms with Crippen LogP contribution in [0.2, 0.25) is 0 Å². The van der Waals surface area contributed by atoms with Crippen LogP contribution in [0.4, 0.5) is 0 Å². The van der Waals surface area contributed by atoms with Crippen molar-refractivity contribution < 1.29 is 10.2 Å². The molecule has 0 aliphatic carbocycles. The van der Waals surface area contributed by atoms with Gasteiger partial charge in [0.05, 0.1) is 5.56 Å². The van der Waals surface area contributed by atoms with Crippen LogP contribution in [-0.4, -0.2) is 24.8 Å². The monoisotopic (exact) mass is 395 g/mol. The van der Waals surface area contributed by atoms with Gasteiger partial charge in [-0.15, -0.1) is 0 Å². The van der Waals surface area contributed by atoms with E-state index in [1.807, 2.05) is 60.7 Å². The molecule has 0 spiro atoms. The van der Waals surface area contributed by atoms with Crippen LogP contribution in [0.1, 0.15) is 0 Å². The van der Waals surface area contributed by atoms with Gasteiger partial charge in [-0.05, 0) is 23.3 Å². The Hall–Kier alpha value is -4.32. The van der Waals surface area contributed by atoms with Gasteiger partial charge in [-0.3, -0.25) is 4.79 Å². The summed E-state index contributed by atoms with van der Waals surface area (Å²) in [7, 11) is 0. The second-order valence-corrected chi connectivity index (χ2v) is 6.92. The third-order valence-electron chi connectivity index (χ3n) is 5.03. The first-order valence-electron chi connectivity index (χ1n) is 9.41. The Morgan fingerprint density at radius 2 is 1.27 bits per heavy atom. The zero-order valence-electron chi connectivity index (χ0n) is 15.8. The van der Waals surface area contributed by atoms with E-state index in [2.05, 4.69) is 10.1 Å². The third-order valence-corrected chi connectivity index (χ3v) is 5.03. The van der Waals surface area contributed by atoms with Crippen molar-refractivity contribution >= 4 is 5.65 Å². The molecule has 0 saturated carbocycles. The topological polar surface area (TPSA) is 90.6 Å². The highest BCUT2D eigenvalue weighted by atomic mass is 16.3. The predicted octanol–water partition coefficient (Wildman–Crippen LogP) is 4.43. The molecule has 0 aliphatic rings. The summed E-state index contributed by atoms with van der Waals surface area (Å²) >= 11 is 0. The van der Waals surface area contributed by atoms with Gasteiger partial charge in [-0.1, -0.05) is 72.8 Å². The first kappa shape index (κ1) is 17.8. The van der Waals surface area contributed by atoms with E-state index in [0.29, 0.717) is 16.9 Å². The summed E-state index contributed by atoms with van der Waals surface area (Å²) in [6, 6.07) is 25.3. The number of nitrogens with one attached hydrogen (secondary N) is 1. The number of phenolic OH excluding ortho intramolecular Hbond substituents is 1. The number of H-pyrrole nitrogens is 1. The fourth-order valence-electron chi connectivity index (χ4n) is 3.63. The molecule has 0 bridgehead atoms. The van der Waals surface area contributed by atoms with Crippen molar-refractivity contribution in [3.8, 4) is 45.1 Å². The maximum Gasteiger partial charge on any atom is 0.262 e. The molecule has 0 atom stereocenters. The molecule has 6 heteroatoms. The number of aromatic nitrogens is 3. The van der Waals surface area contributed by atoms with Crippen LogP contribution in [0.25, 0.3) is 39.2 Å². The lowest BCUT2D eigenvalue weighted by molar-refractivity contribution is 0.437. The Labute approximate surface area is 171 Å². The summed E-state index contributed by atoms with van der Waals surface area (Å²) in [6.45, 7) is 0. The minimum absolute atomic E-state index is 0.0764. The SMILES string of the molecule is O=c1[nH]c2c(-c3ccccc3)c(-c3ccccc3)nn2c(O)c1-c1ccc(O)cc1. The molecule has 0 unspecified atom stereocenters. The highest BCUT2D eigenvalue weighted by Crippen LogP contribution is 2.37. The molecule has 5 aromatic rings. The summed E-state index contributed by atoms with van der Waals surface area (Å²) < 4.78 is 1.36. The maximum absolute atomic E-state index is 12.9. The summed E-state index contributed by atoms with van der Waals surface area (Å²) in [4.78, 5) is 15.8. The number of fused-ring (bicyclic) bond motifs is 1. The summed E-state index contributed by atoms with van der Waals surface area (Å²) in [5, 5.41) is 25.2. The van der Waals surface area contributed by atoms with Crippen LogP contribution in [-0.2, 0) is 0 Å². The number of aromatic amines is 1. The minimum Gasteiger partial charge on any atom is -0.508 e. The van der Waals surface area contributed by atoms with Crippen molar-refractivity contribution in [3.05, 3.63) is 95.3 Å². The molecule has 0 amide bonds. The fraction of sp³-hybridized carbons (Fsp3) is 0. The highest BCUT2D eigenvalue weighted by Gasteiger charge is 2.22. The second kappa shape index (κ2) is 6.93. The Balaban J connectivity index is 1.86. The molecule has 0 radical (unpaired) electrons. The van der Waals surface area contributed by atoms with E-state index in [0.717, 1.165) is 16.7 Å². The summed E-state index contributed by atoms with van der Waals surface area (Å²) in [5.74, 6) is -0.189. The van der Waals surface area contributed by atoms with Crippen LogP contribution in [0.15, 0.2) is 89.7 Å². The van der Waals surface area contributed by atoms with E-state index in [1.165, 1.54) is 16.6 Å². The second-order valence-electron chi connectivity index (χ2n) is 6.92. The molecule has 3 aromatic carbocycles. The normalized spacial score (nSPS) is 11.1. The molecule has 3 N–H and O–H groups in total. The zero-order chi connectivity index (χ0) is 20.7. The van der Waals surface area contributed by atoms with Gasteiger partial charge in [-0.25, -0.2) is 0 Å². The molecule has 30 heavy (non-hydrogen) atoms. The number of aromatic hydroxyl groups is 2. The smallest absolute Gasteiger partial charge is 0.262 e. The lowest BCUT2D eigenvalue weighted by Gasteiger charge is -2.07. The van der Waals surface area contributed by atoms with Gasteiger partial charge in [-0.2, -0.15) is 9.61 Å². The Morgan fingerprint density at radius 3 is 1.90 bits per heavy atom. The van der Waals surface area contributed by atoms with Gasteiger partial charge < -0.3 is 15.2 Å². The maximum atomic E-state index is 12.9. The summed E-state index contributed by atoms with van der Waals surface area (Å²) in [5.41, 5.74) is 3.65. The first-order chi connectivity index (χ1) is 14.6. The highest BCUT2D eigenvalue weighted by molar-refractivity contribution is 5.91. The number of rotatable bonds is 3. The first-order valence-corrected chi connectivity index (χ1v) is 9.41. The largest absolute Gasteiger partial charge is 0.508 e. The van der Waals surface area contributed by atoms with E-state index >= 15 is 0 Å². The number of hydrogen-bond donors (Lipinski definition) is 3. The third kappa shape index (κ3) is 2.82. The van der Waals surface area contributed by atoms with Gasteiger partial charge in [0.1, 0.15) is 22.7 Å². The number of hydrogen-bond acceptors (Lipinski definition) is 4. The van der Waals surface area contributed by atoms with Crippen molar-refractivity contribution in [2.24, 2.45) is 0 Å². The molecule has 2 heterocycles. The van der Waals surface area contributed by atoms with Gasteiger partial charge in [0.2, 0.25) is 5.88 Å². The molecule has 0 fully saturated rings. The van der Waals surface area contributed by atoms with Crippen LogP contribution in [0.5, 0.6) is 11.6 Å². The molecule has 146 valence electrons. The van der Waals surface area contributed by atoms with Crippen LogP contribution in [0.3, 0.4) is 0 Å². The average Bonchev–Trinajstić information content (AvgIpc) is 3.16. The molecular formula is C24H17N3O3. The summed E-state index contributed by atoms with van der Waals surface area (Å²) in [6.07, 6.45) is 0. The quantitative estimate of drug-likeness (QED) is 0.421. The Kier molecular flexibility index (Phi) is 4.10. The average molecular weight is 395 g/mol. The minimum atomic E-state index is -0.442. The Bertz CT molecular complexity index is 1400. The van der Waals surface area contributed by atoms with Crippen LogP contribution < -0.4 is 5.56 Å². The van der Waals surface area contributed by atoms with Crippen LogP contribution >= 0.6 is 0 Å². The van der Waals surface area contributed by atoms with Crippen molar-refractivity contribution in [1.82, 2.24) is 14.6 Å². The lowest BCUT2D eigenvalue weighted by Crippen LogP contribution is -2.12. The molecule has 5 rings (SSSR count). The van der Waals surface area contributed by atoms with E-state index < -0.39 is 5.56 Å². The predicted molar refractivity (Wildman–Crippen MR) is 115 cm³/mol. The molecule has 0 aliphatic heterocycles. The standard InChI is InChI=1S/C24H17N3O3/c28-18-13-11-16(12-14-18)20-23(29)25-22-19(15-7-3-1-4-8-15)21(26-27(22)24(20)30)17-9-5-2-6-10-17/h1-14,28,30H,(H,25,29). The number of benzene rings is 3. The fourth-order valence-corrected chi connectivity index (χ4v) is 3.63. The zero-order valence-corrected chi connectivity index (χ0v) is 15.8. The van der Waals surface area contributed by atoms with E-state index in [4.69, 9.17) is 0 Å². The molecule has 0 saturated heterocycles. The van der Waals surface area contributed by atoms with E-state index in [-0.39, 0.29) is 17.2 Å².